The molecule has 2 rings (SSSR count). The van der Waals surface area contributed by atoms with Crippen molar-refractivity contribution >= 4 is 12.0 Å². The number of carbonyl (C=O) groups is 2. The van der Waals surface area contributed by atoms with E-state index in [9.17, 15) is 9.59 Å². The van der Waals surface area contributed by atoms with Gasteiger partial charge < -0.3 is 19.7 Å². The molecule has 1 aliphatic heterocycles. The van der Waals surface area contributed by atoms with Gasteiger partial charge in [-0.1, -0.05) is 0 Å². The summed E-state index contributed by atoms with van der Waals surface area (Å²) in [5.41, 5.74) is 0. The van der Waals surface area contributed by atoms with E-state index in [1.807, 2.05) is 0 Å². The summed E-state index contributed by atoms with van der Waals surface area (Å²) >= 11 is 0. The van der Waals surface area contributed by atoms with E-state index in [-0.39, 0.29) is 18.3 Å². The molecule has 0 aromatic carbocycles. The van der Waals surface area contributed by atoms with Crippen LogP contribution in [0, 0.1) is 0 Å². The van der Waals surface area contributed by atoms with Crippen molar-refractivity contribution < 1.29 is 19.1 Å². The van der Waals surface area contributed by atoms with Crippen molar-refractivity contribution in [3.63, 3.8) is 0 Å². The summed E-state index contributed by atoms with van der Waals surface area (Å²) in [5, 5.41) is 11.4. The molecule has 98 valence electrons. The Morgan fingerprint density at radius 2 is 2.00 bits per heavy atom. The molecule has 0 radical (unpaired) electrons. The molecule has 2 amide bonds. The van der Waals surface area contributed by atoms with Crippen molar-refractivity contribution in [2.75, 3.05) is 13.1 Å². The molecule has 1 saturated heterocycles. The SMILES string of the molecule is O=C(O)c1ccc(CNC(=O)N2CCCCC2)o1. The Hall–Kier alpha value is -1.98. The molecular weight excluding hydrogens is 236 g/mol. The second-order valence-electron chi connectivity index (χ2n) is 4.28. The highest BCUT2D eigenvalue weighted by Gasteiger charge is 2.16. The first-order chi connectivity index (χ1) is 8.66. The summed E-state index contributed by atoms with van der Waals surface area (Å²) in [6.07, 6.45) is 3.25. The van der Waals surface area contributed by atoms with Gasteiger partial charge in [0.05, 0.1) is 6.54 Å². The molecule has 0 aliphatic carbocycles. The van der Waals surface area contributed by atoms with Gasteiger partial charge in [0.1, 0.15) is 5.76 Å². The van der Waals surface area contributed by atoms with Crippen LogP contribution in [0.5, 0.6) is 0 Å². The molecular formula is C12H16N2O4. The van der Waals surface area contributed by atoms with Crippen LogP contribution in [0.3, 0.4) is 0 Å². The molecule has 0 unspecified atom stereocenters. The van der Waals surface area contributed by atoms with Gasteiger partial charge in [0.15, 0.2) is 0 Å². The fraction of sp³-hybridized carbons (Fsp3) is 0.500. The molecule has 6 nitrogen and oxygen atoms in total. The molecule has 18 heavy (non-hydrogen) atoms. The number of carboxylic acid groups (broad SMARTS) is 1. The molecule has 0 bridgehead atoms. The van der Waals surface area contributed by atoms with Crippen LogP contribution in [0.4, 0.5) is 4.79 Å². The second-order valence-corrected chi connectivity index (χ2v) is 4.28. The Labute approximate surface area is 105 Å². The molecule has 1 aromatic heterocycles. The Bertz CT molecular complexity index is 435. The normalized spacial score (nSPS) is 15.4. The van der Waals surface area contributed by atoms with Crippen LogP contribution in [-0.2, 0) is 6.54 Å². The second kappa shape index (κ2) is 5.57. The van der Waals surface area contributed by atoms with Gasteiger partial charge in [-0.05, 0) is 31.4 Å². The third-order valence-electron chi connectivity index (χ3n) is 2.93. The van der Waals surface area contributed by atoms with Crippen molar-refractivity contribution in [2.24, 2.45) is 0 Å². The first kappa shape index (κ1) is 12.5. The lowest BCUT2D eigenvalue weighted by atomic mass is 10.1. The number of carbonyl (C=O) groups excluding carboxylic acids is 1. The average molecular weight is 252 g/mol. The number of rotatable bonds is 3. The molecule has 0 saturated carbocycles. The number of hydrogen-bond donors (Lipinski definition) is 2. The predicted molar refractivity (Wildman–Crippen MR) is 63.3 cm³/mol. The van der Waals surface area contributed by atoms with Crippen molar-refractivity contribution in [2.45, 2.75) is 25.8 Å². The Balaban J connectivity index is 1.82. The number of amides is 2. The van der Waals surface area contributed by atoms with Gasteiger partial charge in [-0.2, -0.15) is 0 Å². The van der Waals surface area contributed by atoms with Crippen molar-refractivity contribution in [3.8, 4) is 0 Å². The Morgan fingerprint density at radius 1 is 1.28 bits per heavy atom. The van der Waals surface area contributed by atoms with E-state index >= 15 is 0 Å². The van der Waals surface area contributed by atoms with E-state index in [2.05, 4.69) is 5.32 Å². The highest BCUT2D eigenvalue weighted by Crippen LogP contribution is 2.10. The molecule has 1 aromatic rings. The summed E-state index contributed by atoms with van der Waals surface area (Å²) < 4.78 is 5.05. The first-order valence-corrected chi connectivity index (χ1v) is 6.01. The maximum absolute atomic E-state index is 11.8. The minimum atomic E-state index is -1.11. The van der Waals surface area contributed by atoms with Crippen LogP contribution < -0.4 is 5.32 Å². The highest BCUT2D eigenvalue weighted by molar-refractivity contribution is 5.84. The number of nitrogens with zero attached hydrogens (tertiary/aromatic N) is 1. The largest absolute Gasteiger partial charge is 0.475 e. The van der Waals surface area contributed by atoms with Gasteiger partial charge in [0.2, 0.25) is 5.76 Å². The van der Waals surface area contributed by atoms with E-state index in [1.54, 1.807) is 11.0 Å². The summed E-state index contributed by atoms with van der Waals surface area (Å²) in [7, 11) is 0. The summed E-state index contributed by atoms with van der Waals surface area (Å²) in [5.74, 6) is -0.779. The standard InChI is InChI=1S/C12H16N2O4/c15-11(16)10-5-4-9(18-10)8-13-12(17)14-6-2-1-3-7-14/h4-5H,1-3,6-8H2,(H,13,17)(H,15,16). The molecule has 2 heterocycles. The van der Waals surface area contributed by atoms with Gasteiger partial charge >= 0.3 is 12.0 Å². The van der Waals surface area contributed by atoms with Crippen LogP contribution in [0.1, 0.15) is 35.6 Å². The van der Waals surface area contributed by atoms with E-state index in [1.165, 1.54) is 12.5 Å². The van der Waals surface area contributed by atoms with Crippen LogP contribution in [0.2, 0.25) is 0 Å². The lowest BCUT2D eigenvalue weighted by Gasteiger charge is -2.26. The van der Waals surface area contributed by atoms with Gasteiger partial charge in [0, 0.05) is 13.1 Å². The van der Waals surface area contributed by atoms with Crippen molar-refractivity contribution in [3.05, 3.63) is 23.7 Å². The maximum atomic E-state index is 11.8. The van der Waals surface area contributed by atoms with E-state index in [4.69, 9.17) is 9.52 Å². The molecule has 0 spiro atoms. The first-order valence-electron chi connectivity index (χ1n) is 6.01. The number of aromatic carboxylic acids is 1. The number of nitrogens with one attached hydrogen (secondary N) is 1. The average Bonchev–Trinajstić information content (AvgIpc) is 2.86. The van der Waals surface area contributed by atoms with E-state index in [0.717, 1.165) is 25.9 Å². The smallest absolute Gasteiger partial charge is 0.371 e. The van der Waals surface area contributed by atoms with Gasteiger partial charge in [-0.3, -0.25) is 0 Å². The molecule has 1 fully saturated rings. The molecule has 2 N–H and O–H groups in total. The van der Waals surface area contributed by atoms with Gasteiger partial charge in [-0.25, -0.2) is 9.59 Å². The summed E-state index contributed by atoms with van der Waals surface area (Å²) in [4.78, 5) is 24.1. The minimum absolute atomic E-state index is 0.114. The lowest BCUT2D eigenvalue weighted by Crippen LogP contribution is -2.42. The number of furan rings is 1. The highest BCUT2D eigenvalue weighted by atomic mass is 16.4. The van der Waals surface area contributed by atoms with Crippen molar-refractivity contribution in [1.29, 1.82) is 0 Å². The number of likely N-dealkylation sites (tertiary alicyclic amines) is 1. The van der Waals surface area contributed by atoms with Crippen LogP contribution in [-0.4, -0.2) is 35.1 Å². The zero-order valence-corrected chi connectivity index (χ0v) is 10.0. The molecule has 0 atom stereocenters. The Morgan fingerprint density at radius 3 is 2.61 bits per heavy atom. The van der Waals surface area contributed by atoms with E-state index < -0.39 is 5.97 Å². The zero-order chi connectivity index (χ0) is 13.0. The summed E-state index contributed by atoms with van der Waals surface area (Å²) in [6, 6.07) is 2.81. The monoisotopic (exact) mass is 252 g/mol. The minimum Gasteiger partial charge on any atom is -0.475 e. The van der Waals surface area contributed by atoms with Gasteiger partial charge in [0.25, 0.3) is 0 Å². The number of carboxylic acids is 1. The van der Waals surface area contributed by atoms with Crippen LogP contribution in [0.25, 0.3) is 0 Å². The lowest BCUT2D eigenvalue weighted by molar-refractivity contribution is 0.0660. The third kappa shape index (κ3) is 3.03. The number of urea groups is 1. The molecule has 6 heteroatoms. The van der Waals surface area contributed by atoms with Gasteiger partial charge in [-0.15, -0.1) is 0 Å². The fourth-order valence-electron chi connectivity index (χ4n) is 1.96. The van der Waals surface area contributed by atoms with Crippen LogP contribution >= 0.6 is 0 Å². The maximum Gasteiger partial charge on any atom is 0.371 e. The topological polar surface area (TPSA) is 82.8 Å². The van der Waals surface area contributed by atoms with Crippen molar-refractivity contribution in [1.82, 2.24) is 10.2 Å². The van der Waals surface area contributed by atoms with E-state index in [0.29, 0.717) is 5.76 Å². The zero-order valence-electron chi connectivity index (χ0n) is 10.0. The quantitative estimate of drug-likeness (QED) is 0.857. The number of piperidine rings is 1. The summed E-state index contributed by atoms with van der Waals surface area (Å²) in [6.45, 7) is 1.78. The molecule has 1 aliphatic rings. The Kier molecular flexibility index (Phi) is 3.86. The fourth-order valence-corrected chi connectivity index (χ4v) is 1.96. The predicted octanol–water partition coefficient (Wildman–Crippen LogP) is 1.67. The number of hydrogen-bond acceptors (Lipinski definition) is 3. The van der Waals surface area contributed by atoms with Crippen LogP contribution in [0.15, 0.2) is 16.5 Å². The third-order valence-corrected chi connectivity index (χ3v) is 2.93.